The van der Waals surface area contributed by atoms with Gasteiger partial charge in [0.25, 0.3) is 0 Å². The molecular formula is C43H64Zr. The zero-order chi connectivity index (χ0) is 33.5. The van der Waals surface area contributed by atoms with E-state index in [4.69, 9.17) is 0 Å². The van der Waals surface area contributed by atoms with Gasteiger partial charge in [0, 0.05) is 0 Å². The largest absolute Gasteiger partial charge is 0.273 e. The van der Waals surface area contributed by atoms with E-state index in [0.717, 1.165) is 12.8 Å². The molecule has 0 nitrogen and oxygen atoms in total. The molecule has 0 aliphatic heterocycles. The Hall–Kier alpha value is -1.33. The molecule has 2 aliphatic rings. The molecule has 0 spiro atoms. The normalized spacial score (nSPS) is 14.0. The summed E-state index contributed by atoms with van der Waals surface area (Å²) in [4.78, 5) is 0. The first-order chi connectivity index (χ1) is 20.2. The molecule has 0 saturated carbocycles. The molecule has 4 rings (SSSR count). The molecule has 2 aromatic rings. The van der Waals surface area contributed by atoms with Crippen LogP contribution in [0.2, 0.25) is 0 Å². The van der Waals surface area contributed by atoms with Crippen LogP contribution in [0.3, 0.4) is 0 Å². The van der Waals surface area contributed by atoms with Crippen LogP contribution in [0.15, 0.2) is 36.4 Å². The summed E-state index contributed by atoms with van der Waals surface area (Å²) in [5.41, 5.74) is 11.9. The fourth-order valence-corrected chi connectivity index (χ4v) is 6.74. The van der Waals surface area contributed by atoms with Gasteiger partial charge in [-0.25, -0.2) is 12.2 Å². The second-order valence-corrected chi connectivity index (χ2v) is 18.7. The summed E-state index contributed by atoms with van der Waals surface area (Å²) < 4.78 is 1.79. The van der Waals surface area contributed by atoms with Crippen molar-refractivity contribution in [1.82, 2.24) is 0 Å². The van der Waals surface area contributed by atoms with Gasteiger partial charge in [-0.1, -0.05) is 106 Å². The Morgan fingerprint density at radius 3 is 1.57 bits per heavy atom. The molecule has 240 valence electrons. The Morgan fingerprint density at radius 1 is 0.682 bits per heavy atom. The summed E-state index contributed by atoms with van der Waals surface area (Å²) in [6.45, 7) is 32.5. The Bertz CT molecular complexity index is 1200. The monoisotopic (exact) mass is 670 g/mol. The van der Waals surface area contributed by atoms with Gasteiger partial charge < -0.3 is 0 Å². The Balaban J connectivity index is 0.000000369. The van der Waals surface area contributed by atoms with Crippen molar-refractivity contribution in [3.05, 3.63) is 82.0 Å². The maximum Gasteiger partial charge on any atom is -0.109 e. The topological polar surface area (TPSA) is 0 Å². The number of hydrogen-bond acceptors (Lipinski definition) is 0. The molecule has 0 aromatic heterocycles. The van der Waals surface area contributed by atoms with Gasteiger partial charge in [0.05, 0.1) is 0 Å². The van der Waals surface area contributed by atoms with Gasteiger partial charge >= 0.3 is 79.8 Å². The second-order valence-electron chi connectivity index (χ2n) is 17.0. The number of hydrogen-bond donors (Lipinski definition) is 0. The van der Waals surface area contributed by atoms with Crippen molar-refractivity contribution in [3.63, 3.8) is 0 Å². The van der Waals surface area contributed by atoms with Crippen LogP contribution < -0.4 is 0 Å². The van der Waals surface area contributed by atoms with E-state index in [1.54, 1.807) is 27.4 Å². The number of allylic oxidation sites excluding steroid dienone is 4. The van der Waals surface area contributed by atoms with Crippen LogP contribution in [-0.4, -0.2) is 3.21 Å². The summed E-state index contributed by atoms with van der Waals surface area (Å²) in [5.74, 6) is 0. The molecule has 0 amide bonds. The van der Waals surface area contributed by atoms with E-state index in [2.05, 4.69) is 133 Å². The first-order valence-corrected chi connectivity index (χ1v) is 18.5. The molecule has 0 fully saturated rings. The minimum Gasteiger partial charge on any atom is -0.273 e. The van der Waals surface area contributed by atoms with Gasteiger partial charge in [-0.2, -0.15) is 23.8 Å². The first kappa shape index (κ1) is 38.9. The summed E-state index contributed by atoms with van der Waals surface area (Å²) in [5, 5.41) is 0. The molecule has 0 atom stereocenters. The van der Waals surface area contributed by atoms with Gasteiger partial charge in [0.1, 0.15) is 0 Å². The molecule has 0 unspecified atom stereocenters. The van der Waals surface area contributed by atoms with Gasteiger partial charge in [-0.15, -0.1) is 23.1 Å². The summed E-state index contributed by atoms with van der Waals surface area (Å²) in [6, 6.07) is 11.4. The molecule has 0 bridgehead atoms. The molecular weight excluding hydrogens is 608 g/mol. The van der Waals surface area contributed by atoms with E-state index in [1.165, 1.54) is 83.0 Å². The van der Waals surface area contributed by atoms with Crippen LogP contribution in [0.1, 0.15) is 175 Å². The predicted molar refractivity (Wildman–Crippen MR) is 194 cm³/mol. The second kappa shape index (κ2) is 16.0. The van der Waals surface area contributed by atoms with E-state index in [0.29, 0.717) is 0 Å². The smallest absolute Gasteiger partial charge is 0.109 e. The van der Waals surface area contributed by atoms with Gasteiger partial charge in [0.2, 0.25) is 0 Å². The molecule has 2 aliphatic carbocycles. The number of rotatable bonds is 6. The Morgan fingerprint density at radius 2 is 1.18 bits per heavy atom. The van der Waals surface area contributed by atoms with E-state index in [1.807, 2.05) is 12.2 Å². The minimum absolute atomic E-state index is 0.0968. The molecule has 44 heavy (non-hydrogen) atoms. The van der Waals surface area contributed by atoms with Crippen LogP contribution in [0.25, 0.3) is 11.1 Å². The van der Waals surface area contributed by atoms with Crippen LogP contribution in [0.4, 0.5) is 0 Å². The summed E-state index contributed by atoms with van der Waals surface area (Å²) in [6.07, 6.45) is 19.3. The minimum atomic E-state index is 0.0968. The van der Waals surface area contributed by atoms with Gasteiger partial charge in [0.15, 0.2) is 0 Å². The van der Waals surface area contributed by atoms with Crippen molar-refractivity contribution in [1.29, 1.82) is 0 Å². The fourth-order valence-electron chi connectivity index (χ4n) is 5.87. The van der Waals surface area contributed by atoms with Crippen LogP contribution >= 0.6 is 0 Å². The van der Waals surface area contributed by atoms with Crippen molar-refractivity contribution < 1.29 is 24.2 Å². The quantitative estimate of drug-likeness (QED) is 0.229. The van der Waals surface area contributed by atoms with Crippen molar-refractivity contribution in [2.24, 2.45) is 0 Å². The third-order valence-corrected chi connectivity index (χ3v) is 9.71. The van der Waals surface area contributed by atoms with E-state index >= 15 is 0 Å². The maximum atomic E-state index is 3.90. The van der Waals surface area contributed by atoms with Crippen molar-refractivity contribution in [2.75, 3.05) is 0 Å². The number of benzene rings is 2. The number of unbranched alkanes of at least 4 members (excludes halogenated alkanes) is 2. The average molecular weight is 672 g/mol. The zero-order valence-corrected chi connectivity index (χ0v) is 33.6. The van der Waals surface area contributed by atoms with Gasteiger partial charge in [-0.3, -0.25) is 6.08 Å². The van der Waals surface area contributed by atoms with E-state index < -0.39 is 0 Å². The van der Waals surface area contributed by atoms with Crippen molar-refractivity contribution in [2.45, 2.75) is 170 Å². The molecule has 0 N–H and O–H groups in total. The van der Waals surface area contributed by atoms with Crippen molar-refractivity contribution in [3.8, 4) is 11.1 Å². The fraction of sp³-hybridized carbons (Fsp3) is 0.605. The average Bonchev–Trinajstić information content (AvgIpc) is 3.59. The first-order valence-electron chi connectivity index (χ1n) is 17.3. The van der Waals surface area contributed by atoms with E-state index in [9.17, 15) is 0 Å². The van der Waals surface area contributed by atoms with Crippen LogP contribution in [0, 0.1) is 12.1 Å². The molecule has 2 aromatic carbocycles. The standard InChI is InChI=1S/C29H41.C9H18.C5H5.Zr/c1-26(2,3)22-14-18-13-19-15-23(27(4,5)6)25(29(10,11)12)17-21(19)20(18)16-24(22)28(7,8)9;1-3-5-7-9-8-6-4-2;1-2-4-5-3-1;/h14,16-17H,13H2,1-12H3;3-8H2,1-2H3;1-3H,4H2;/q-1;;-1;+2. The SMILES string of the molecule is CC(C)(C)c1[c-]c2c(cc1C(C)(C)C)-c1cc(C(C)(C)C)c(C(C)(C)C)cc1C2.CCCC[C](=[Zr+2])CCCC.[C-]1=CC=CC1. The summed E-state index contributed by atoms with van der Waals surface area (Å²) >= 11 is 1.67. The Kier molecular flexibility index (Phi) is 14.1. The molecule has 1 heteroatoms. The molecule has 0 heterocycles. The van der Waals surface area contributed by atoms with E-state index in [-0.39, 0.29) is 21.7 Å². The summed E-state index contributed by atoms with van der Waals surface area (Å²) in [7, 11) is 0. The van der Waals surface area contributed by atoms with Crippen LogP contribution in [-0.2, 0) is 52.3 Å². The van der Waals surface area contributed by atoms with Crippen LogP contribution in [0.5, 0.6) is 0 Å². The Labute approximate surface area is 288 Å². The predicted octanol–water partition coefficient (Wildman–Crippen LogP) is 12.6. The number of fused-ring (bicyclic) bond motifs is 3. The third-order valence-electron chi connectivity index (χ3n) is 8.48. The molecule has 0 radical (unpaired) electrons. The maximum absolute atomic E-state index is 3.90. The van der Waals surface area contributed by atoms with Crippen molar-refractivity contribution >= 4 is 3.21 Å². The molecule has 0 saturated heterocycles. The third kappa shape index (κ3) is 11.2. The zero-order valence-electron chi connectivity index (χ0n) is 31.1. The van der Waals surface area contributed by atoms with Gasteiger partial charge in [-0.05, 0) is 39.4 Å².